The van der Waals surface area contributed by atoms with Crippen LogP contribution in [0.25, 0.3) is 0 Å². The molecule has 3 rings (SSSR count). The Balaban J connectivity index is 1.96. The van der Waals surface area contributed by atoms with E-state index in [0.29, 0.717) is 0 Å². The lowest BCUT2D eigenvalue weighted by Gasteiger charge is -2.32. The molecule has 1 aliphatic heterocycles. The van der Waals surface area contributed by atoms with Gasteiger partial charge in [-0.2, -0.15) is 0 Å². The molecular weight excluding hydrogens is 284 g/mol. The molecule has 1 aliphatic rings. The van der Waals surface area contributed by atoms with Crippen LogP contribution < -0.4 is 15.4 Å². The number of aryl methyl sites for hydroxylation is 1. The highest BCUT2D eigenvalue weighted by atomic mass is 16.5. The number of hydrogen-bond acceptors (Lipinski definition) is 3. The third-order valence-electron chi connectivity index (χ3n) is 4.78. The van der Waals surface area contributed by atoms with E-state index in [1.807, 2.05) is 12.1 Å². The van der Waals surface area contributed by atoms with Crippen LogP contribution in [0.2, 0.25) is 0 Å². The molecule has 1 fully saturated rings. The van der Waals surface area contributed by atoms with Crippen molar-refractivity contribution in [2.45, 2.75) is 32.2 Å². The maximum atomic E-state index is 6.65. The van der Waals surface area contributed by atoms with E-state index in [1.54, 1.807) is 7.11 Å². The van der Waals surface area contributed by atoms with Crippen molar-refractivity contribution >= 4 is 5.69 Å². The topological polar surface area (TPSA) is 38.5 Å². The number of hydrogen-bond donors (Lipinski definition) is 1. The van der Waals surface area contributed by atoms with Crippen LogP contribution in [0.1, 0.15) is 42.0 Å². The van der Waals surface area contributed by atoms with Gasteiger partial charge >= 0.3 is 0 Å². The molecule has 1 saturated heterocycles. The molecule has 0 aromatic heterocycles. The van der Waals surface area contributed by atoms with Crippen molar-refractivity contribution < 1.29 is 4.74 Å². The second-order valence-corrected chi connectivity index (χ2v) is 6.31. The molecule has 0 unspecified atom stereocenters. The zero-order chi connectivity index (χ0) is 16.2. The van der Waals surface area contributed by atoms with Gasteiger partial charge in [0, 0.05) is 18.8 Å². The summed E-state index contributed by atoms with van der Waals surface area (Å²) < 4.78 is 5.25. The Labute approximate surface area is 139 Å². The van der Waals surface area contributed by atoms with E-state index in [-0.39, 0.29) is 6.04 Å². The van der Waals surface area contributed by atoms with Crippen LogP contribution in [0.4, 0.5) is 5.69 Å². The molecule has 3 heteroatoms. The Hall–Kier alpha value is -2.00. The Morgan fingerprint density at radius 1 is 1.00 bits per heavy atom. The summed E-state index contributed by atoms with van der Waals surface area (Å²) in [5.74, 6) is 0.863. The fraction of sp³-hybridized carbons (Fsp3) is 0.400. The quantitative estimate of drug-likeness (QED) is 0.926. The summed E-state index contributed by atoms with van der Waals surface area (Å²) in [5.41, 5.74) is 11.6. The number of nitrogens with zero attached hydrogens (tertiary/aromatic N) is 1. The second kappa shape index (κ2) is 7.05. The van der Waals surface area contributed by atoms with Crippen molar-refractivity contribution in [2.24, 2.45) is 5.73 Å². The van der Waals surface area contributed by atoms with E-state index < -0.39 is 0 Å². The van der Waals surface area contributed by atoms with Gasteiger partial charge in [0.15, 0.2) is 0 Å². The van der Waals surface area contributed by atoms with Crippen molar-refractivity contribution in [1.82, 2.24) is 0 Å². The third kappa shape index (κ3) is 3.35. The van der Waals surface area contributed by atoms with Crippen molar-refractivity contribution in [1.29, 1.82) is 0 Å². The normalized spacial score (nSPS) is 16.2. The molecule has 1 atom stereocenters. The van der Waals surface area contributed by atoms with Crippen LogP contribution in [0.3, 0.4) is 0 Å². The van der Waals surface area contributed by atoms with Crippen molar-refractivity contribution in [2.75, 3.05) is 25.1 Å². The van der Waals surface area contributed by atoms with Gasteiger partial charge in [-0.1, -0.05) is 24.3 Å². The van der Waals surface area contributed by atoms with Crippen LogP contribution in [0, 0.1) is 6.92 Å². The van der Waals surface area contributed by atoms with E-state index in [9.17, 15) is 0 Å². The minimum absolute atomic E-state index is 0.112. The molecule has 2 aromatic rings. The highest BCUT2D eigenvalue weighted by Gasteiger charge is 2.20. The number of benzene rings is 2. The van der Waals surface area contributed by atoms with Gasteiger partial charge in [-0.15, -0.1) is 0 Å². The predicted octanol–water partition coefficient (Wildman–Crippen LogP) is 4.04. The fourth-order valence-electron chi connectivity index (χ4n) is 3.46. The minimum atomic E-state index is -0.112. The van der Waals surface area contributed by atoms with Crippen LogP contribution in [-0.4, -0.2) is 20.2 Å². The number of anilines is 1. The van der Waals surface area contributed by atoms with Gasteiger partial charge in [0.05, 0.1) is 13.2 Å². The second-order valence-electron chi connectivity index (χ2n) is 6.31. The monoisotopic (exact) mass is 310 g/mol. The summed E-state index contributed by atoms with van der Waals surface area (Å²) in [6.07, 6.45) is 3.87. The van der Waals surface area contributed by atoms with Gasteiger partial charge in [0.1, 0.15) is 5.75 Å². The zero-order valence-corrected chi connectivity index (χ0v) is 14.1. The Kier molecular flexibility index (Phi) is 4.87. The third-order valence-corrected chi connectivity index (χ3v) is 4.78. The maximum absolute atomic E-state index is 6.65. The summed E-state index contributed by atoms with van der Waals surface area (Å²) in [6, 6.07) is 14.5. The minimum Gasteiger partial charge on any atom is -0.497 e. The predicted molar refractivity (Wildman–Crippen MR) is 96.3 cm³/mol. The first-order valence-electron chi connectivity index (χ1n) is 8.44. The van der Waals surface area contributed by atoms with E-state index >= 15 is 0 Å². The number of rotatable bonds is 4. The summed E-state index contributed by atoms with van der Waals surface area (Å²) in [7, 11) is 1.69. The molecule has 0 amide bonds. The average Bonchev–Trinajstić information content (AvgIpc) is 2.62. The van der Waals surface area contributed by atoms with Crippen molar-refractivity contribution in [3.63, 3.8) is 0 Å². The maximum Gasteiger partial charge on any atom is 0.118 e. The number of nitrogens with two attached hydrogens (primary N) is 1. The molecule has 1 heterocycles. The first kappa shape index (κ1) is 15.9. The van der Waals surface area contributed by atoms with Gasteiger partial charge in [-0.3, -0.25) is 0 Å². The summed E-state index contributed by atoms with van der Waals surface area (Å²) in [5, 5.41) is 0. The Morgan fingerprint density at radius 3 is 2.35 bits per heavy atom. The van der Waals surface area contributed by atoms with Crippen LogP contribution in [-0.2, 0) is 0 Å². The Morgan fingerprint density at radius 2 is 1.70 bits per heavy atom. The number of ether oxygens (including phenoxy) is 1. The van der Waals surface area contributed by atoms with Crippen molar-refractivity contribution in [3.05, 3.63) is 59.2 Å². The summed E-state index contributed by atoms with van der Waals surface area (Å²) >= 11 is 0. The highest BCUT2D eigenvalue weighted by molar-refractivity contribution is 5.60. The van der Waals surface area contributed by atoms with Crippen molar-refractivity contribution in [3.8, 4) is 5.75 Å². The smallest absolute Gasteiger partial charge is 0.118 e. The van der Waals surface area contributed by atoms with Gasteiger partial charge in [-0.25, -0.2) is 0 Å². The number of methoxy groups -OCH3 is 1. The molecule has 3 nitrogen and oxygen atoms in total. The number of piperidine rings is 1. The lowest BCUT2D eigenvalue weighted by atomic mass is 9.93. The van der Waals surface area contributed by atoms with Gasteiger partial charge < -0.3 is 15.4 Å². The lowest BCUT2D eigenvalue weighted by Crippen LogP contribution is -2.31. The van der Waals surface area contributed by atoms with E-state index in [2.05, 4.69) is 42.2 Å². The van der Waals surface area contributed by atoms with E-state index in [0.717, 1.165) is 24.4 Å². The van der Waals surface area contributed by atoms with E-state index in [1.165, 1.54) is 36.1 Å². The zero-order valence-electron chi connectivity index (χ0n) is 14.1. The highest BCUT2D eigenvalue weighted by Crippen LogP contribution is 2.34. The average molecular weight is 310 g/mol. The van der Waals surface area contributed by atoms with Gasteiger partial charge in [0.2, 0.25) is 0 Å². The molecule has 0 bridgehead atoms. The van der Waals surface area contributed by atoms with Crippen LogP contribution in [0.5, 0.6) is 5.75 Å². The Bertz CT molecular complexity index is 645. The molecule has 0 radical (unpaired) electrons. The van der Waals surface area contributed by atoms with Crippen LogP contribution >= 0.6 is 0 Å². The van der Waals surface area contributed by atoms with Gasteiger partial charge in [0.25, 0.3) is 0 Å². The SMILES string of the molecule is COc1ccc([C@@H](N)c2c(C)cccc2N2CCCCC2)cc1. The summed E-state index contributed by atoms with van der Waals surface area (Å²) in [6.45, 7) is 4.42. The molecule has 2 aromatic carbocycles. The molecule has 2 N–H and O–H groups in total. The first-order chi connectivity index (χ1) is 11.2. The largest absolute Gasteiger partial charge is 0.497 e. The van der Waals surface area contributed by atoms with E-state index in [4.69, 9.17) is 10.5 Å². The standard InChI is InChI=1S/C20H26N2O/c1-15-7-6-8-18(22-13-4-3-5-14-22)19(15)20(21)16-9-11-17(23-2)12-10-16/h6-12,20H,3-5,13-14,21H2,1-2H3/t20-/m1/s1. The molecular formula is C20H26N2O. The molecule has 0 spiro atoms. The molecule has 0 saturated carbocycles. The van der Waals surface area contributed by atoms with Gasteiger partial charge in [-0.05, 0) is 61.1 Å². The molecule has 0 aliphatic carbocycles. The molecule has 23 heavy (non-hydrogen) atoms. The lowest BCUT2D eigenvalue weighted by molar-refractivity contribution is 0.414. The first-order valence-corrected chi connectivity index (χ1v) is 8.44. The fourth-order valence-corrected chi connectivity index (χ4v) is 3.46. The molecule has 122 valence electrons. The van der Waals surface area contributed by atoms with Crippen LogP contribution in [0.15, 0.2) is 42.5 Å². The summed E-state index contributed by atoms with van der Waals surface area (Å²) in [4.78, 5) is 2.50.